The lowest BCUT2D eigenvalue weighted by molar-refractivity contribution is -0.226. The maximum absolute atomic E-state index is 14.2. The molecule has 0 aliphatic carbocycles. The van der Waals surface area contributed by atoms with Gasteiger partial charge in [-0.05, 0) is 39.8 Å². The predicted octanol–water partition coefficient (Wildman–Crippen LogP) is 4.31. The Morgan fingerprint density at radius 1 is 1.24 bits per heavy atom. The van der Waals surface area contributed by atoms with Crippen molar-refractivity contribution < 1.29 is 22.8 Å². The summed E-state index contributed by atoms with van der Waals surface area (Å²) in [4.78, 5) is 0. The number of hydrogen-bond acceptors (Lipinski definition) is 4. The largest absolute Gasteiger partial charge is 0.591 e. The van der Waals surface area contributed by atoms with Gasteiger partial charge in [0.05, 0.1) is 18.9 Å². The summed E-state index contributed by atoms with van der Waals surface area (Å²) >= 11 is -1.57. The summed E-state index contributed by atoms with van der Waals surface area (Å²) in [5, 5.41) is 0. The minimum absolute atomic E-state index is 0.0374. The van der Waals surface area contributed by atoms with Crippen molar-refractivity contribution >= 4 is 17.1 Å². The van der Waals surface area contributed by atoms with Crippen LogP contribution < -0.4 is 0 Å². The molecule has 1 unspecified atom stereocenters. The van der Waals surface area contributed by atoms with E-state index in [1.807, 2.05) is 13.8 Å². The smallest absolute Gasteiger partial charge is 0.183 e. The number of ether oxygens (including phenoxy) is 2. The monoisotopic (exact) mass is 373 g/mol. The molecule has 7 heteroatoms. The molecule has 0 N–H and O–H groups in total. The van der Waals surface area contributed by atoms with Gasteiger partial charge in [0.15, 0.2) is 17.9 Å². The molecule has 1 atom stereocenters. The van der Waals surface area contributed by atoms with Crippen molar-refractivity contribution in [1.82, 2.24) is 0 Å². The van der Waals surface area contributed by atoms with Crippen LogP contribution in [0.5, 0.6) is 0 Å². The second kappa shape index (κ2) is 7.31. The van der Waals surface area contributed by atoms with Crippen molar-refractivity contribution in [2.24, 2.45) is 9.81 Å². The molecule has 0 spiro atoms. The van der Waals surface area contributed by atoms with Crippen LogP contribution in [0.3, 0.4) is 0 Å². The molecule has 0 aromatic heterocycles. The first-order chi connectivity index (χ1) is 11.4. The summed E-state index contributed by atoms with van der Waals surface area (Å²) in [5.41, 5.74) is 0.381. The van der Waals surface area contributed by atoms with E-state index in [0.717, 1.165) is 6.07 Å². The van der Waals surface area contributed by atoms with E-state index in [2.05, 4.69) is 4.40 Å². The standard InChI is InChI=1S/C18H25F2NO3S/c1-11(21-25(22)17(2,3)4)13-7-12(8-14(19)15(13)20)16-23-9-18(5,6)10-24-16/h7-8,16H,9-10H2,1-6H3. The summed E-state index contributed by atoms with van der Waals surface area (Å²) in [6.45, 7) is 11.7. The molecule has 1 saturated heterocycles. The minimum Gasteiger partial charge on any atom is -0.591 e. The third-order valence-electron chi connectivity index (χ3n) is 3.71. The van der Waals surface area contributed by atoms with Gasteiger partial charge in [-0.1, -0.05) is 18.2 Å². The highest BCUT2D eigenvalue weighted by atomic mass is 32.2. The fraction of sp³-hybridized carbons (Fsp3) is 0.611. The van der Waals surface area contributed by atoms with Crippen LogP contribution in [0, 0.1) is 17.0 Å². The molecule has 1 fully saturated rings. The normalized spacial score (nSPS) is 20.6. The summed E-state index contributed by atoms with van der Waals surface area (Å²) in [6.07, 6.45) is -0.761. The zero-order valence-electron chi connectivity index (χ0n) is 15.5. The number of benzene rings is 1. The molecule has 1 heterocycles. The van der Waals surface area contributed by atoms with Gasteiger partial charge in [0.1, 0.15) is 16.1 Å². The lowest BCUT2D eigenvalue weighted by atomic mass is 9.95. The van der Waals surface area contributed by atoms with Crippen LogP contribution in [0.2, 0.25) is 0 Å². The van der Waals surface area contributed by atoms with Crippen molar-refractivity contribution in [2.45, 2.75) is 52.6 Å². The Bertz CT molecular complexity index is 661. The van der Waals surface area contributed by atoms with Crippen molar-refractivity contribution in [2.75, 3.05) is 13.2 Å². The summed E-state index contributed by atoms with van der Waals surface area (Å²) < 4.78 is 55.2. The molecule has 1 aromatic rings. The molecule has 25 heavy (non-hydrogen) atoms. The highest BCUT2D eigenvalue weighted by Crippen LogP contribution is 2.32. The zero-order chi connectivity index (χ0) is 19.0. The van der Waals surface area contributed by atoms with Gasteiger partial charge in [-0.2, -0.15) is 0 Å². The summed E-state index contributed by atoms with van der Waals surface area (Å²) in [7, 11) is 0. The fourth-order valence-electron chi connectivity index (χ4n) is 2.20. The number of nitrogens with zero attached hydrogens (tertiary/aromatic N) is 1. The SMILES string of the molecule is CC(=N[S+]([O-])C(C)(C)C)c1cc(C2OCC(C)(C)CO2)cc(F)c1F. The van der Waals surface area contributed by atoms with Crippen LogP contribution in [0.4, 0.5) is 8.78 Å². The van der Waals surface area contributed by atoms with Crippen LogP contribution in [0.1, 0.15) is 59.0 Å². The van der Waals surface area contributed by atoms with Gasteiger partial charge in [-0.3, -0.25) is 0 Å². The Morgan fingerprint density at radius 3 is 2.32 bits per heavy atom. The van der Waals surface area contributed by atoms with Crippen LogP contribution in [0.15, 0.2) is 16.5 Å². The van der Waals surface area contributed by atoms with E-state index < -0.39 is 34.0 Å². The molecular formula is C18H25F2NO3S. The van der Waals surface area contributed by atoms with Crippen molar-refractivity contribution in [3.63, 3.8) is 0 Å². The molecule has 2 rings (SSSR count). The van der Waals surface area contributed by atoms with E-state index >= 15 is 0 Å². The Morgan fingerprint density at radius 2 is 1.80 bits per heavy atom. The fourth-order valence-corrected chi connectivity index (χ4v) is 2.83. The second-order valence-corrected chi connectivity index (χ2v) is 9.93. The molecule has 140 valence electrons. The first-order valence-electron chi connectivity index (χ1n) is 8.10. The van der Waals surface area contributed by atoms with Crippen molar-refractivity contribution in [3.8, 4) is 0 Å². The molecule has 1 aromatic carbocycles. The first-order valence-corrected chi connectivity index (χ1v) is 9.21. The van der Waals surface area contributed by atoms with Gasteiger partial charge in [0, 0.05) is 16.5 Å². The molecule has 0 amide bonds. The highest BCUT2D eigenvalue weighted by Gasteiger charge is 2.31. The molecular weight excluding hydrogens is 348 g/mol. The maximum atomic E-state index is 14.2. The predicted molar refractivity (Wildman–Crippen MR) is 94.9 cm³/mol. The second-order valence-electron chi connectivity index (χ2n) is 8.02. The third kappa shape index (κ3) is 5.00. The van der Waals surface area contributed by atoms with Gasteiger partial charge < -0.3 is 14.0 Å². The van der Waals surface area contributed by atoms with E-state index in [1.54, 1.807) is 20.8 Å². The maximum Gasteiger partial charge on any atom is 0.183 e. The van der Waals surface area contributed by atoms with Gasteiger partial charge in [-0.25, -0.2) is 8.78 Å². The van der Waals surface area contributed by atoms with Crippen LogP contribution >= 0.6 is 0 Å². The van der Waals surface area contributed by atoms with Crippen LogP contribution in [0.25, 0.3) is 0 Å². The Hall–Kier alpha value is -1.02. The lowest BCUT2D eigenvalue weighted by Gasteiger charge is -2.34. The number of halogens is 2. The van der Waals surface area contributed by atoms with E-state index in [9.17, 15) is 13.3 Å². The van der Waals surface area contributed by atoms with Crippen LogP contribution in [-0.4, -0.2) is 28.2 Å². The Kier molecular flexibility index (Phi) is 5.93. The molecule has 0 radical (unpaired) electrons. The van der Waals surface area contributed by atoms with E-state index in [1.165, 1.54) is 13.0 Å². The molecule has 0 bridgehead atoms. The quantitative estimate of drug-likeness (QED) is 0.586. The average Bonchev–Trinajstić information content (AvgIpc) is 2.48. The van der Waals surface area contributed by atoms with Gasteiger partial charge in [0.2, 0.25) is 0 Å². The van der Waals surface area contributed by atoms with Gasteiger partial charge in [0.25, 0.3) is 0 Å². The van der Waals surface area contributed by atoms with Crippen molar-refractivity contribution in [1.29, 1.82) is 0 Å². The topological polar surface area (TPSA) is 53.9 Å². The van der Waals surface area contributed by atoms with Gasteiger partial charge in [-0.15, -0.1) is 0 Å². The zero-order valence-corrected chi connectivity index (χ0v) is 16.3. The first kappa shape index (κ1) is 20.3. The Labute approximate surface area is 150 Å². The summed E-state index contributed by atoms with van der Waals surface area (Å²) in [6, 6.07) is 2.51. The summed E-state index contributed by atoms with van der Waals surface area (Å²) in [5.74, 6) is -2.03. The van der Waals surface area contributed by atoms with Gasteiger partial charge >= 0.3 is 0 Å². The molecule has 1 aliphatic rings. The average molecular weight is 373 g/mol. The van der Waals surface area contributed by atoms with E-state index in [-0.39, 0.29) is 16.7 Å². The lowest BCUT2D eigenvalue weighted by Crippen LogP contribution is -2.34. The minimum atomic E-state index is -1.57. The highest BCUT2D eigenvalue weighted by molar-refractivity contribution is 7.91. The van der Waals surface area contributed by atoms with Crippen molar-refractivity contribution in [3.05, 3.63) is 34.9 Å². The van der Waals surface area contributed by atoms with E-state index in [0.29, 0.717) is 18.8 Å². The third-order valence-corrected chi connectivity index (χ3v) is 5.19. The van der Waals surface area contributed by atoms with Crippen LogP contribution in [-0.2, 0) is 20.8 Å². The Balaban J connectivity index is 2.34. The number of hydrogen-bond donors (Lipinski definition) is 0. The molecule has 1 aliphatic heterocycles. The number of rotatable bonds is 3. The molecule has 4 nitrogen and oxygen atoms in total. The molecule has 0 saturated carbocycles. The van der Waals surface area contributed by atoms with E-state index in [4.69, 9.17) is 9.47 Å².